The van der Waals surface area contributed by atoms with E-state index in [4.69, 9.17) is 28.4 Å². The number of carbonyl (C=O) groups is 3. The lowest BCUT2D eigenvalue weighted by Crippen LogP contribution is -2.26. The molecular formula is C42H52O11. The topological polar surface area (TPSA) is 125 Å². The van der Waals surface area contributed by atoms with Gasteiger partial charge in [-0.15, -0.1) is 0 Å². The summed E-state index contributed by atoms with van der Waals surface area (Å²) in [5.41, 5.74) is 2.74. The van der Waals surface area contributed by atoms with Crippen LogP contribution in [0.4, 0.5) is 0 Å². The Bertz CT molecular complexity index is 1610. The molecule has 3 aromatic carbocycles. The molecule has 0 saturated carbocycles. The fraction of sp³-hybridized carbons (Fsp3) is 0.405. The molecular weight excluding hydrogens is 680 g/mol. The van der Waals surface area contributed by atoms with Crippen LogP contribution in [-0.2, 0) is 41.8 Å². The van der Waals surface area contributed by atoms with Crippen molar-refractivity contribution in [3.8, 4) is 28.7 Å². The molecule has 3 rings (SSSR count). The Hall–Kier alpha value is -5.45. The predicted octanol–water partition coefficient (Wildman–Crippen LogP) is 8.15. The van der Waals surface area contributed by atoms with Gasteiger partial charge < -0.3 is 37.9 Å². The van der Waals surface area contributed by atoms with E-state index in [0.717, 1.165) is 54.4 Å². The summed E-state index contributed by atoms with van der Waals surface area (Å²) in [7, 11) is 5.75. The molecule has 0 saturated heterocycles. The molecule has 0 bridgehead atoms. The molecule has 0 atom stereocenters. The summed E-state index contributed by atoms with van der Waals surface area (Å²) in [5, 5.41) is 0. The molecule has 0 heterocycles. The molecule has 11 heteroatoms. The molecule has 0 radical (unpaired) electrons. The van der Waals surface area contributed by atoms with Gasteiger partial charge in [-0.3, -0.25) is 4.79 Å². The fourth-order valence-corrected chi connectivity index (χ4v) is 4.83. The minimum absolute atomic E-state index is 0.154. The third-order valence-electron chi connectivity index (χ3n) is 8.39. The number of carbonyl (C=O) groups excluding carboxylic acids is 3. The van der Waals surface area contributed by atoms with E-state index in [9.17, 15) is 14.4 Å². The van der Waals surface area contributed by atoms with Crippen molar-refractivity contribution in [3.63, 3.8) is 0 Å². The van der Waals surface area contributed by atoms with Gasteiger partial charge in [0.15, 0.2) is 23.0 Å². The first-order chi connectivity index (χ1) is 25.5. The second kappa shape index (κ2) is 21.8. The van der Waals surface area contributed by atoms with Crippen molar-refractivity contribution in [3.05, 3.63) is 89.0 Å². The van der Waals surface area contributed by atoms with E-state index >= 15 is 0 Å². The highest BCUT2D eigenvalue weighted by Crippen LogP contribution is 2.32. The second-order valence-corrected chi connectivity index (χ2v) is 12.7. The average molecular weight is 733 g/mol. The standard InChI is InChI=1S/C42H52O11/c1-8-42(2,3)41(45)51-22-12-10-9-11-21-50-34-24-32(28-52-35-17-13-30(26-37(35)46-4)15-19-39(43)48-6)23-33(25-34)29-53-36-18-14-31(27-38(36)47-5)16-20-40(44)49-7/h13-20,23-27H,8-12,21-22,28-29H2,1-7H3/b19-15+,20-16+. The third-order valence-corrected chi connectivity index (χ3v) is 8.39. The van der Waals surface area contributed by atoms with Crippen molar-refractivity contribution in [1.82, 2.24) is 0 Å². The Balaban J connectivity index is 1.70. The monoisotopic (exact) mass is 732 g/mol. The maximum absolute atomic E-state index is 12.2. The van der Waals surface area contributed by atoms with E-state index in [0.29, 0.717) is 42.0 Å². The van der Waals surface area contributed by atoms with Gasteiger partial charge >= 0.3 is 17.9 Å². The molecule has 0 N–H and O–H groups in total. The lowest BCUT2D eigenvalue weighted by molar-refractivity contribution is -0.154. The van der Waals surface area contributed by atoms with Crippen molar-refractivity contribution in [2.75, 3.05) is 41.7 Å². The SMILES string of the molecule is CCC(C)(C)C(=O)OCCCCCCOc1cc(COc2ccc(/C=C/C(=O)OC)cc2OC)cc(COc2ccc(/C=C/C(=O)OC)cc2OC)c1. The van der Waals surface area contributed by atoms with Gasteiger partial charge in [0.1, 0.15) is 19.0 Å². The molecule has 53 heavy (non-hydrogen) atoms. The van der Waals surface area contributed by atoms with Crippen molar-refractivity contribution < 1.29 is 52.3 Å². The largest absolute Gasteiger partial charge is 0.494 e. The summed E-state index contributed by atoms with van der Waals surface area (Å²) in [5.74, 6) is 1.68. The van der Waals surface area contributed by atoms with Crippen LogP contribution < -0.4 is 23.7 Å². The fourth-order valence-electron chi connectivity index (χ4n) is 4.83. The van der Waals surface area contributed by atoms with E-state index in [1.807, 2.05) is 51.1 Å². The Morgan fingerprint density at radius 1 is 0.604 bits per heavy atom. The summed E-state index contributed by atoms with van der Waals surface area (Å²) in [4.78, 5) is 35.2. The maximum atomic E-state index is 12.2. The minimum atomic E-state index is -0.459. The highest BCUT2D eigenvalue weighted by atomic mass is 16.5. The van der Waals surface area contributed by atoms with Crippen molar-refractivity contribution >= 4 is 30.1 Å². The van der Waals surface area contributed by atoms with Gasteiger partial charge in [-0.25, -0.2) is 9.59 Å². The molecule has 0 amide bonds. The first-order valence-electron chi connectivity index (χ1n) is 17.6. The Morgan fingerprint density at radius 2 is 1.09 bits per heavy atom. The summed E-state index contributed by atoms with van der Waals surface area (Å²) < 4.78 is 44.4. The third kappa shape index (κ3) is 14.2. The molecule has 0 aromatic heterocycles. The van der Waals surface area contributed by atoms with E-state index in [1.165, 1.54) is 26.4 Å². The zero-order valence-corrected chi connectivity index (χ0v) is 31.9. The first-order valence-corrected chi connectivity index (χ1v) is 17.6. The number of benzene rings is 3. The number of ether oxygens (including phenoxy) is 8. The van der Waals surface area contributed by atoms with Crippen LogP contribution in [0.3, 0.4) is 0 Å². The van der Waals surface area contributed by atoms with Crippen LogP contribution in [0.1, 0.15) is 75.1 Å². The van der Waals surface area contributed by atoms with Crippen LogP contribution in [0.2, 0.25) is 0 Å². The minimum Gasteiger partial charge on any atom is -0.494 e. The highest BCUT2D eigenvalue weighted by molar-refractivity contribution is 5.87. The molecule has 0 unspecified atom stereocenters. The van der Waals surface area contributed by atoms with Crippen LogP contribution in [-0.4, -0.2) is 59.6 Å². The molecule has 3 aromatic rings. The number of unbranched alkanes of at least 4 members (excludes halogenated alkanes) is 3. The quantitative estimate of drug-likeness (QED) is 0.0430. The van der Waals surface area contributed by atoms with Crippen LogP contribution in [0.5, 0.6) is 28.7 Å². The molecule has 0 aliphatic carbocycles. The number of hydrogen-bond donors (Lipinski definition) is 0. The van der Waals surface area contributed by atoms with Gasteiger partial charge in [-0.1, -0.05) is 19.1 Å². The smallest absolute Gasteiger partial charge is 0.330 e. The number of esters is 3. The summed E-state index contributed by atoms with van der Waals surface area (Å²) >= 11 is 0. The van der Waals surface area contributed by atoms with E-state index in [2.05, 4.69) is 9.47 Å². The van der Waals surface area contributed by atoms with Gasteiger partial charge in [-0.05, 0) is 123 Å². The molecule has 0 spiro atoms. The van der Waals surface area contributed by atoms with Crippen molar-refractivity contribution in [1.29, 1.82) is 0 Å². The lowest BCUT2D eigenvalue weighted by atomic mass is 9.91. The molecule has 0 aliphatic rings. The summed E-state index contributed by atoms with van der Waals surface area (Å²) in [6, 6.07) is 16.6. The molecule has 0 fully saturated rings. The Kier molecular flexibility index (Phi) is 17.3. The van der Waals surface area contributed by atoms with Gasteiger partial charge in [0, 0.05) is 12.2 Å². The summed E-state index contributed by atoms with van der Waals surface area (Å²) in [6.07, 6.45) is 10.2. The Labute approximate surface area is 312 Å². The first kappa shape index (κ1) is 42.0. The normalized spacial score (nSPS) is 11.3. The van der Waals surface area contributed by atoms with Crippen LogP contribution >= 0.6 is 0 Å². The summed E-state index contributed by atoms with van der Waals surface area (Å²) in [6.45, 7) is 7.15. The maximum Gasteiger partial charge on any atom is 0.330 e. The van der Waals surface area contributed by atoms with Crippen LogP contribution in [0, 0.1) is 5.41 Å². The highest BCUT2D eigenvalue weighted by Gasteiger charge is 2.26. The lowest BCUT2D eigenvalue weighted by Gasteiger charge is -2.20. The Morgan fingerprint density at radius 3 is 1.55 bits per heavy atom. The molecule has 286 valence electrons. The zero-order chi connectivity index (χ0) is 38.6. The van der Waals surface area contributed by atoms with Crippen molar-refractivity contribution in [2.45, 2.75) is 66.1 Å². The van der Waals surface area contributed by atoms with Crippen LogP contribution in [0.25, 0.3) is 12.2 Å². The predicted molar refractivity (Wildman–Crippen MR) is 202 cm³/mol. The number of hydrogen-bond acceptors (Lipinski definition) is 11. The number of rotatable bonds is 22. The van der Waals surface area contributed by atoms with Gasteiger partial charge in [0.2, 0.25) is 0 Å². The average Bonchev–Trinajstić information content (AvgIpc) is 3.18. The van der Waals surface area contributed by atoms with E-state index in [-0.39, 0.29) is 19.2 Å². The van der Waals surface area contributed by atoms with Gasteiger partial charge in [-0.2, -0.15) is 0 Å². The van der Waals surface area contributed by atoms with E-state index < -0.39 is 17.4 Å². The zero-order valence-electron chi connectivity index (χ0n) is 31.9. The molecule has 11 nitrogen and oxygen atoms in total. The van der Waals surface area contributed by atoms with Crippen LogP contribution in [0.15, 0.2) is 66.7 Å². The van der Waals surface area contributed by atoms with E-state index in [1.54, 1.807) is 50.6 Å². The van der Waals surface area contributed by atoms with Crippen molar-refractivity contribution in [2.24, 2.45) is 5.41 Å². The van der Waals surface area contributed by atoms with Gasteiger partial charge in [0.25, 0.3) is 0 Å². The van der Waals surface area contributed by atoms with Gasteiger partial charge in [0.05, 0.1) is 47.1 Å². The number of methoxy groups -OCH3 is 4. The second-order valence-electron chi connectivity index (χ2n) is 12.7. The molecule has 0 aliphatic heterocycles.